The van der Waals surface area contributed by atoms with E-state index in [-0.39, 0.29) is 0 Å². The summed E-state index contributed by atoms with van der Waals surface area (Å²) in [6, 6.07) is 0. The van der Waals surface area contributed by atoms with E-state index < -0.39 is 0 Å². The lowest BCUT2D eigenvalue weighted by Gasteiger charge is -2.09. The number of hydrogen-bond acceptors (Lipinski definition) is 4. The number of aromatic nitrogens is 2. The first-order valence-corrected chi connectivity index (χ1v) is 4.50. The van der Waals surface area contributed by atoms with Crippen LogP contribution in [0.5, 0.6) is 5.88 Å². The molecule has 4 nitrogen and oxygen atoms in total. The molecule has 2 rings (SSSR count). The second-order valence-corrected chi connectivity index (χ2v) is 3.40. The summed E-state index contributed by atoms with van der Waals surface area (Å²) in [5.74, 6) is 0.915. The summed E-state index contributed by atoms with van der Waals surface area (Å²) in [5, 5.41) is 0. The zero-order chi connectivity index (χ0) is 10.1. The molecular formula is C10H12N2O2. The van der Waals surface area contributed by atoms with E-state index in [1.807, 2.05) is 0 Å². The Balaban J connectivity index is 2.75. The van der Waals surface area contributed by atoms with Gasteiger partial charge in [0.05, 0.1) is 18.9 Å². The number of fused-ring (bicyclic) bond motifs is 1. The molecule has 4 heteroatoms. The molecule has 74 valence electrons. The lowest BCUT2D eigenvalue weighted by Crippen LogP contribution is -1.97. The summed E-state index contributed by atoms with van der Waals surface area (Å²) in [5.41, 5.74) is 2.52. The lowest BCUT2D eigenvalue weighted by atomic mass is 10.0. The SMILES string of the molecule is COc1ncc2ncoc2c1C(C)C. The predicted molar refractivity (Wildman–Crippen MR) is 52.4 cm³/mol. The van der Waals surface area contributed by atoms with Crippen molar-refractivity contribution in [3.05, 3.63) is 18.2 Å². The Hall–Kier alpha value is -1.58. The van der Waals surface area contributed by atoms with Gasteiger partial charge in [0.1, 0.15) is 5.52 Å². The monoisotopic (exact) mass is 192 g/mol. The van der Waals surface area contributed by atoms with Gasteiger partial charge < -0.3 is 9.15 Å². The van der Waals surface area contributed by atoms with E-state index in [4.69, 9.17) is 9.15 Å². The Kier molecular flexibility index (Phi) is 2.11. The maximum Gasteiger partial charge on any atom is 0.220 e. The molecule has 0 spiro atoms. The molecule has 0 aliphatic carbocycles. The van der Waals surface area contributed by atoms with Crippen LogP contribution >= 0.6 is 0 Å². The van der Waals surface area contributed by atoms with E-state index in [2.05, 4.69) is 23.8 Å². The van der Waals surface area contributed by atoms with Gasteiger partial charge >= 0.3 is 0 Å². The molecule has 14 heavy (non-hydrogen) atoms. The molecule has 0 aromatic carbocycles. The van der Waals surface area contributed by atoms with E-state index in [9.17, 15) is 0 Å². The number of ether oxygens (including phenoxy) is 1. The largest absolute Gasteiger partial charge is 0.481 e. The topological polar surface area (TPSA) is 48.2 Å². The molecule has 0 saturated carbocycles. The fourth-order valence-corrected chi connectivity index (χ4v) is 1.51. The molecule has 0 N–H and O–H groups in total. The summed E-state index contributed by atoms with van der Waals surface area (Å²) in [6.45, 7) is 4.14. The number of hydrogen-bond donors (Lipinski definition) is 0. The minimum Gasteiger partial charge on any atom is -0.481 e. The molecule has 0 unspecified atom stereocenters. The van der Waals surface area contributed by atoms with Crippen LogP contribution in [0.1, 0.15) is 25.3 Å². The standard InChI is InChI=1S/C10H12N2O2/c1-6(2)8-9-7(12-5-14-9)4-11-10(8)13-3/h4-6H,1-3H3. The molecule has 2 aromatic rings. The van der Waals surface area contributed by atoms with Gasteiger partial charge in [-0.2, -0.15) is 0 Å². The molecule has 0 aliphatic heterocycles. The summed E-state index contributed by atoms with van der Waals surface area (Å²) in [4.78, 5) is 8.23. The quantitative estimate of drug-likeness (QED) is 0.732. The van der Waals surface area contributed by atoms with Gasteiger partial charge in [0.15, 0.2) is 12.0 Å². The van der Waals surface area contributed by atoms with Crippen molar-refractivity contribution in [1.82, 2.24) is 9.97 Å². The molecule has 0 saturated heterocycles. The highest BCUT2D eigenvalue weighted by Crippen LogP contribution is 2.31. The predicted octanol–water partition coefficient (Wildman–Crippen LogP) is 2.35. The van der Waals surface area contributed by atoms with Gasteiger partial charge in [-0.15, -0.1) is 0 Å². The van der Waals surface area contributed by atoms with E-state index in [0.717, 1.165) is 16.7 Å². The van der Waals surface area contributed by atoms with Crippen molar-refractivity contribution in [1.29, 1.82) is 0 Å². The third-order valence-corrected chi connectivity index (χ3v) is 2.14. The molecule has 0 bridgehead atoms. The van der Waals surface area contributed by atoms with Gasteiger partial charge in [-0.25, -0.2) is 9.97 Å². The van der Waals surface area contributed by atoms with Crippen molar-refractivity contribution in [3.8, 4) is 5.88 Å². The maximum atomic E-state index is 5.32. The first-order chi connectivity index (χ1) is 6.74. The Bertz CT molecular complexity index is 448. The Morgan fingerprint density at radius 1 is 1.36 bits per heavy atom. The van der Waals surface area contributed by atoms with Crippen molar-refractivity contribution in [3.63, 3.8) is 0 Å². The third-order valence-electron chi connectivity index (χ3n) is 2.14. The fourth-order valence-electron chi connectivity index (χ4n) is 1.51. The zero-order valence-electron chi connectivity index (χ0n) is 8.44. The van der Waals surface area contributed by atoms with E-state index in [1.54, 1.807) is 13.3 Å². The Morgan fingerprint density at radius 2 is 2.14 bits per heavy atom. The van der Waals surface area contributed by atoms with Gasteiger partial charge in [-0.1, -0.05) is 13.8 Å². The summed E-state index contributed by atoms with van der Waals surface area (Å²) in [7, 11) is 1.61. The Labute approximate surface area is 81.9 Å². The number of methoxy groups -OCH3 is 1. The smallest absolute Gasteiger partial charge is 0.220 e. The average molecular weight is 192 g/mol. The molecule has 0 fully saturated rings. The molecule has 0 radical (unpaired) electrons. The van der Waals surface area contributed by atoms with Crippen LogP contribution in [0.2, 0.25) is 0 Å². The van der Waals surface area contributed by atoms with Crippen molar-refractivity contribution in [2.45, 2.75) is 19.8 Å². The molecule has 2 aromatic heterocycles. The van der Waals surface area contributed by atoms with E-state index in [0.29, 0.717) is 11.8 Å². The van der Waals surface area contributed by atoms with Crippen LogP contribution in [0.15, 0.2) is 17.0 Å². The van der Waals surface area contributed by atoms with Crippen molar-refractivity contribution in [2.75, 3.05) is 7.11 Å². The maximum absolute atomic E-state index is 5.32. The summed E-state index contributed by atoms with van der Waals surface area (Å²) < 4.78 is 10.5. The van der Waals surface area contributed by atoms with Crippen molar-refractivity contribution >= 4 is 11.1 Å². The Morgan fingerprint density at radius 3 is 2.79 bits per heavy atom. The van der Waals surface area contributed by atoms with Crippen LogP contribution < -0.4 is 4.74 Å². The third kappa shape index (κ3) is 1.23. The van der Waals surface area contributed by atoms with Crippen molar-refractivity contribution in [2.24, 2.45) is 0 Å². The number of nitrogens with zero attached hydrogens (tertiary/aromatic N) is 2. The van der Waals surface area contributed by atoms with Gasteiger partial charge in [0.25, 0.3) is 0 Å². The summed E-state index contributed by atoms with van der Waals surface area (Å²) in [6.07, 6.45) is 3.08. The minimum atomic E-state index is 0.300. The second-order valence-electron chi connectivity index (χ2n) is 3.40. The highest BCUT2D eigenvalue weighted by Gasteiger charge is 2.16. The molecule has 0 atom stereocenters. The molecule has 0 aliphatic rings. The van der Waals surface area contributed by atoms with Crippen LogP contribution in [0.25, 0.3) is 11.1 Å². The van der Waals surface area contributed by atoms with Crippen LogP contribution in [-0.4, -0.2) is 17.1 Å². The minimum absolute atomic E-state index is 0.300. The van der Waals surface area contributed by atoms with Crippen LogP contribution in [-0.2, 0) is 0 Å². The van der Waals surface area contributed by atoms with E-state index >= 15 is 0 Å². The molecule has 0 amide bonds. The number of pyridine rings is 1. The molecule has 2 heterocycles. The van der Waals surface area contributed by atoms with Gasteiger partial charge in [0.2, 0.25) is 5.88 Å². The highest BCUT2D eigenvalue weighted by molar-refractivity contribution is 5.77. The van der Waals surface area contributed by atoms with Gasteiger partial charge in [-0.05, 0) is 5.92 Å². The normalized spacial score (nSPS) is 11.1. The highest BCUT2D eigenvalue weighted by atomic mass is 16.5. The first kappa shape index (κ1) is 8.99. The van der Waals surface area contributed by atoms with Crippen LogP contribution in [0.4, 0.5) is 0 Å². The van der Waals surface area contributed by atoms with Crippen molar-refractivity contribution < 1.29 is 9.15 Å². The number of rotatable bonds is 2. The van der Waals surface area contributed by atoms with Crippen LogP contribution in [0.3, 0.4) is 0 Å². The van der Waals surface area contributed by atoms with Crippen LogP contribution in [0, 0.1) is 0 Å². The molecular weight excluding hydrogens is 180 g/mol. The fraction of sp³-hybridized carbons (Fsp3) is 0.400. The first-order valence-electron chi connectivity index (χ1n) is 4.50. The van der Waals surface area contributed by atoms with E-state index in [1.165, 1.54) is 6.39 Å². The average Bonchev–Trinajstić information content (AvgIpc) is 2.62. The summed E-state index contributed by atoms with van der Waals surface area (Å²) >= 11 is 0. The zero-order valence-corrected chi connectivity index (χ0v) is 8.44. The lowest BCUT2D eigenvalue weighted by molar-refractivity contribution is 0.390. The van der Waals surface area contributed by atoms with Gasteiger partial charge in [-0.3, -0.25) is 0 Å². The number of oxazole rings is 1. The van der Waals surface area contributed by atoms with Gasteiger partial charge in [0, 0.05) is 0 Å². The second kappa shape index (κ2) is 3.29.